The summed E-state index contributed by atoms with van der Waals surface area (Å²) in [6, 6.07) is 16.3. The molecule has 3 aromatic heterocycles. The van der Waals surface area contributed by atoms with Gasteiger partial charge in [-0.25, -0.2) is 9.50 Å². The molecule has 9 heteroatoms. The molecule has 6 rings (SSSR count). The zero-order chi connectivity index (χ0) is 23.1. The third-order valence-electron chi connectivity index (χ3n) is 6.71. The predicted molar refractivity (Wildman–Crippen MR) is 131 cm³/mol. The molecular formula is C25H24N6O2S. The Morgan fingerprint density at radius 3 is 2.68 bits per heavy atom. The Balaban J connectivity index is 1.15. The minimum Gasteiger partial charge on any atom is -0.334 e. The number of pyridine rings is 1. The first kappa shape index (κ1) is 21.0. The topological polar surface area (TPSA) is 74.1 Å². The van der Waals surface area contributed by atoms with Gasteiger partial charge in [-0.2, -0.15) is 5.10 Å². The number of hydrogen-bond acceptors (Lipinski definition) is 6. The summed E-state index contributed by atoms with van der Waals surface area (Å²) in [5.74, 6) is 0.142. The molecule has 2 fully saturated rings. The van der Waals surface area contributed by atoms with E-state index in [9.17, 15) is 9.59 Å². The van der Waals surface area contributed by atoms with Gasteiger partial charge in [-0.1, -0.05) is 18.2 Å². The first-order chi connectivity index (χ1) is 16.7. The molecule has 0 aliphatic carbocycles. The molecular weight excluding hydrogens is 448 g/mol. The van der Waals surface area contributed by atoms with Crippen molar-refractivity contribution in [3.8, 4) is 11.3 Å². The van der Waals surface area contributed by atoms with Gasteiger partial charge in [0.25, 0.3) is 5.91 Å². The van der Waals surface area contributed by atoms with Crippen LogP contribution in [0.5, 0.6) is 0 Å². The van der Waals surface area contributed by atoms with E-state index in [-0.39, 0.29) is 17.9 Å². The number of benzene rings is 1. The van der Waals surface area contributed by atoms with Crippen LogP contribution >= 0.6 is 11.3 Å². The molecule has 5 heterocycles. The Hall–Kier alpha value is -3.56. The van der Waals surface area contributed by atoms with Crippen molar-refractivity contribution in [1.82, 2.24) is 24.4 Å². The number of nitrogens with zero attached hydrogens (tertiary/aromatic N) is 6. The van der Waals surface area contributed by atoms with Crippen molar-refractivity contribution in [2.24, 2.45) is 0 Å². The lowest BCUT2D eigenvalue weighted by molar-refractivity contribution is -0.117. The van der Waals surface area contributed by atoms with Crippen LogP contribution < -0.4 is 4.90 Å². The maximum absolute atomic E-state index is 13.0. The average molecular weight is 473 g/mol. The molecule has 0 bridgehead atoms. The monoisotopic (exact) mass is 472 g/mol. The smallest absolute Gasteiger partial charge is 0.282 e. The van der Waals surface area contributed by atoms with Crippen molar-refractivity contribution in [2.75, 3.05) is 37.6 Å². The van der Waals surface area contributed by atoms with E-state index in [1.165, 1.54) is 11.3 Å². The number of carbonyl (C=O) groups excluding carboxylic acids is 2. The third-order valence-corrected chi connectivity index (χ3v) is 7.47. The normalized spacial score (nSPS) is 19.3. The third kappa shape index (κ3) is 3.76. The zero-order valence-corrected chi connectivity index (χ0v) is 19.4. The molecule has 172 valence electrons. The summed E-state index contributed by atoms with van der Waals surface area (Å²) in [5.41, 5.74) is 3.96. The number of piperazine rings is 1. The van der Waals surface area contributed by atoms with Gasteiger partial charge in [0.15, 0.2) is 5.01 Å². The van der Waals surface area contributed by atoms with Crippen molar-refractivity contribution in [1.29, 1.82) is 0 Å². The van der Waals surface area contributed by atoms with Crippen LogP contribution in [0, 0.1) is 0 Å². The summed E-state index contributed by atoms with van der Waals surface area (Å²) >= 11 is 1.38. The molecule has 2 amide bonds. The molecule has 1 unspecified atom stereocenters. The van der Waals surface area contributed by atoms with Crippen LogP contribution in [0.1, 0.15) is 16.2 Å². The molecule has 2 aliphatic heterocycles. The van der Waals surface area contributed by atoms with Gasteiger partial charge < -0.3 is 9.80 Å². The van der Waals surface area contributed by atoms with Gasteiger partial charge in [0.2, 0.25) is 5.91 Å². The second-order valence-electron chi connectivity index (χ2n) is 8.66. The van der Waals surface area contributed by atoms with Gasteiger partial charge in [0, 0.05) is 68.0 Å². The number of amides is 2. The maximum atomic E-state index is 13.0. The van der Waals surface area contributed by atoms with Crippen LogP contribution in [0.4, 0.5) is 5.69 Å². The highest BCUT2D eigenvalue weighted by Gasteiger charge is 2.36. The highest BCUT2D eigenvalue weighted by Crippen LogP contribution is 2.29. The zero-order valence-electron chi connectivity index (χ0n) is 18.6. The fraction of sp³-hybridized carbons (Fsp3) is 0.280. The molecule has 4 aromatic rings. The standard InChI is InChI=1S/C25H24N6O2S/c32-23-16-21(28-10-12-29(13-11-28)25(33)24-26-9-14-34-24)17-30(23)20-5-1-3-18(15-20)22-6-2-4-19-7-8-27-31(19)22/h1-9,14-15,21H,10-13,16-17H2. The molecule has 1 aromatic carbocycles. The number of anilines is 1. The molecule has 0 N–H and O–H groups in total. The molecule has 0 radical (unpaired) electrons. The van der Waals surface area contributed by atoms with Gasteiger partial charge in [0.05, 0.1) is 17.4 Å². The molecule has 2 saturated heterocycles. The SMILES string of the molecule is O=C(c1nccs1)N1CCN(C2CC(=O)N(c3cccc(-c4cccc5ccnn45)c3)C2)CC1. The fourth-order valence-electron chi connectivity index (χ4n) is 4.94. The van der Waals surface area contributed by atoms with Crippen molar-refractivity contribution in [3.63, 3.8) is 0 Å². The summed E-state index contributed by atoms with van der Waals surface area (Å²) in [5, 5.41) is 6.81. The average Bonchev–Trinajstić information content (AvgIpc) is 3.64. The summed E-state index contributed by atoms with van der Waals surface area (Å²) in [4.78, 5) is 35.8. The molecule has 2 aliphatic rings. The largest absolute Gasteiger partial charge is 0.334 e. The van der Waals surface area contributed by atoms with Gasteiger partial charge in [0.1, 0.15) is 0 Å². The second-order valence-corrected chi connectivity index (χ2v) is 9.55. The van der Waals surface area contributed by atoms with E-state index in [1.54, 1.807) is 12.4 Å². The van der Waals surface area contributed by atoms with Crippen LogP contribution in [0.15, 0.2) is 66.3 Å². The van der Waals surface area contributed by atoms with Crippen LogP contribution in [0.25, 0.3) is 16.8 Å². The Labute approximate surface area is 201 Å². The minimum absolute atomic E-state index is 0.00258. The highest BCUT2D eigenvalue weighted by atomic mass is 32.1. The molecule has 0 saturated carbocycles. The maximum Gasteiger partial charge on any atom is 0.282 e. The van der Waals surface area contributed by atoms with Crippen LogP contribution in [-0.2, 0) is 4.79 Å². The summed E-state index contributed by atoms with van der Waals surface area (Å²) in [7, 11) is 0. The van der Waals surface area contributed by atoms with Crippen LogP contribution in [0.2, 0.25) is 0 Å². The van der Waals surface area contributed by atoms with E-state index < -0.39 is 0 Å². The Bertz CT molecular complexity index is 1340. The lowest BCUT2D eigenvalue weighted by atomic mass is 10.1. The number of fused-ring (bicyclic) bond motifs is 1. The van der Waals surface area contributed by atoms with Gasteiger partial charge in [-0.15, -0.1) is 11.3 Å². The lowest BCUT2D eigenvalue weighted by Crippen LogP contribution is -2.52. The van der Waals surface area contributed by atoms with Crippen LogP contribution in [0.3, 0.4) is 0 Å². The van der Waals surface area contributed by atoms with E-state index in [1.807, 2.05) is 56.1 Å². The van der Waals surface area contributed by atoms with E-state index >= 15 is 0 Å². The molecule has 1 atom stereocenters. The summed E-state index contributed by atoms with van der Waals surface area (Å²) in [6.45, 7) is 3.52. The van der Waals surface area contributed by atoms with Gasteiger partial charge in [-0.05, 0) is 30.3 Å². The van der Waals surface area contributed by atoms with E-state index in [0.717, 1.165) is 35.6 Å². The van der Waals surface area contributed by atoms with Gasteiger partial charge in [-0.3, -0.25) is 14.5 Å². The van der Waals surface area contributed by atoms with E-state index in [2.05, 4.69) is 27.1 Å². The first-order valence-electron chi connectivity index (χ1n) is 11.4. The second kappa shape index (κ2) is 8.66. The Kier molecular flexibility index (Phi) is 5.35. The van der Waals surface area contributed by atoms with Crippen molar-refractivity contribution < 1.29 is 9.59 Å². The van der Waals surface area contributed by atoms with Crippen molar-refractivity contribution >= 4 is 34.4 Å². The van der Waals surface area contributed by atoms with Crippen molar-refractivity contribution in [3.05, 3.63) is 71.3 Å². The quantitative estimate of drug-likeness (QED) is 0.457. The van der Waals surface area contributed by atoms with Crippen molar-refractivity contribution in [2.45, 2.75) is 12.5 Å². The number of hydrogen-bond donors (Lipinski definition) is 0. The van der Waals surface area contributed by atoms with E-state index in [0.29, 0.717) is 31.1 Å². The Morgan fingerprint density at radius 1 is 1.00 bits per heavy atom. The van der Waals surface area contributed by atoms with Gasteiger partial charge >= 0.3 is 0 Å². The summed E-state index contributed by atoms with van der Waals surface area (Å²) < 4.78 is 1.92. The predicted octanol–water partition coefficient (Wildman–Crippen LogP) is 3.02. The number of rotatable bonds is 4. The minimum atomic E-state index is 0.00258. The van der Waals surface area contributed by atoms with Crippen LogP contribution in [-0.4, -0.2) is 75.0 Å². The summed E-state index contributed by atoms with van der Waals surface area (Å²) in [6.07, 6.45) is 3.96. The fourth-order valence-corrected chi connectivity index (χ4v) is 5.54. The number of thiazole rings is 1. The highest BCUT2D eigenvalue weighted by molar-refractivity contribution is 7.11. The first-order valence-corrected chi connectivity index (χ1v) is 12.3. The number of carbonyl (C=O) groups is 2. The molecule has 34 heavy (non-hydrogen) atoms. The van der Waals surface area contributed by atoms with E-state index in [4.69, 9.17) is 0 Å². The Morgan fingerprint density at radius 2 is 1.85 bits per heavy atom. The number of aromatic nitrogens is 3. The molecule has 8 nitrogen and oxygen atoms in total. The lowest BCUT2D eigenvalue weighted by Gasteiger charge is -2.37. The molecule has 0 spiro atoms.